The number of amides is 1. The van der Waals surface area contributed by atoms with Crippen LogP contribution in [0, 0.1) is 0 Å². The monoisotopic (exact) mass is 309 g/mol. The lowest BCUT2D eigenvalue weighted by Crippen LogP contribution is -2.52. The van der Waals surface area contributed by atoms with Gasteiger partial charge in [-0.1, -0.05) is 15.9 Å². The largest absolute Gasteiger partial charge is 0.464 e. The van der Waals surface area contributed by atoms with E-state index >= 15 is 0 Å². The summed E-state index contributed by atoms with van der Waals surface area (Å²) in [4.78, 5) is 24.9. The Balaban J connectivity index is 2.71. The van der Waals surface area contributed by atoms with E-state index in [-0.39, 0.29) is 16.7 Å². The third-order valence-electron chi connectivity index (χ3n) is 2.31. The summed E-state index contributed by atoms with van der Waals surface area (Å²) in [6, 6.07) is -0.425. The van der Waals surface area contributed by atoms with Crippen molar-refractivity contribution in [3.8, 4) is 0 Å². The summed E-state index contributed by atoms with van der Waals surface area (Å²) < 4.78 is 4.98. The van der Waals surface area contributed by atoms with Crippen LogP contribution < -0.4 is 0 Å². The molecule has 0 aromatic heterocycles. The van der Waals surface area contributed by atoms with Crippen LogP contribution in [0.5, 0.6) is 0 Å². The molecule has 2 atom stereocenters. The van der Waals surface area contributed by atoms with Crippen LogP contribution in [-0.2, 0) is 14.3 Å². The number of halogens is 1. The predicted octanol–water partition coefficient (Wildman–Crippen LogP) is 1.28. The molecular formula is C10H16BrNO3S. The van der Waals surface area contributed by atoms with E-state index in [9.17, 15) is 9.59 Å². The molecule has 0 saturated carbocycles. The Morgan fingerprint density at radius 1 is 1.62 bits per heavy atom. The lowest BCUT2D eigenvalue weighted by atomic mass is 10.2. The quantitative estimate of drug-likeness (QED) is 0.582. The third kappa shape index (κ3) is 3.38. The van der Waals surface area contributed by atoms with Gasteiger partial charge in [-0.3, -0.25) is 4.79 Å². The lowest BCUT2D eigenvalue weighted by Gasteiger charge is -2.34. The maximum Gasteiger partial charge on any atom is 0.329 e. The molecule has 92 valence electrons. The maximum atomic E-state index is 11.9. The number of nitrogens with zero attached hydrogens (tertiary/aromatic N) is 1. The molecule has 0 spiro atoms. The molecule has 2 unspecified atom stereocenters. The number of hydrogen-bond acceptors (Lipinski definition) is 4. The van der Waals surface area contributed by atoms with Crippen molar-refractivity contribution >= 4 is 39.6 Å². The molecule has 1 rings (SSSR count). The van der Waals surface area contributed by atoms with Gasteiger partial charge in [0.15, 0.2) is 0 Å². The summed E-state index contributed by atoms with van der Waals surface area (Å²) in [7, 11) is 0. The average molecular weight is 310 g/mol. The number of carbonyl (C=O) groups is 2. The molecule has 0 aromatic carbocycles. The fourth-order valence-corrected chi connectivity index (χ4v) is 2.82. The molecule has 0 aliphatic carbocycles. The summed E-state index contributed by atoms with van der Waals surface area (Å²) in [5, 5.41) is 0. The van der Waals surface area contributed by atoms with Gasteiger partial charge >= 0.3 is 5.97 Å². The Morgan fingerprint density at radius 3 is 2.88 bits per heavy atom. The first kappa shape index (κ1) is 13.8. The number of thioether (sulfide) groups is 1. The number of rotatable bonds is 3. The van der Waals surface area contributed by atoms with Crippen molar-refractivity contribution < 1.29 is 14.3 Å². The SMILES string of the molecule is CCOC(=O)C1CSCCN1C(=O)C(C)Br. The molecule has 1 aliphatic heterocycles. The van der Waals surface area contributed by atoms with Crippen LogP contribution in [0.4, 0.5) is 0 Å². The van der Waals surface area contributed by atoms with Gasteiger partial charge in [-0.05, 0) is 13.8 Å². The highest BCUT2D eigenvalue weighted by molar-refractivity contribution is 9.10. The minimum atomic E-state index is -0.425. The van der Waals surface area contributed by atoms with Crippen molar-refractivity contribution in [2.45, 2.75) is 24.7 Å². The van der Waals surface area contributed by atoms with Crippen molar-refractivity contribution in [1.82, 2.24) is 4.90 Å². The van der Waals surface area contributed by atoms with E-state index in [2.05, 4.69) is 15.9 Å². The van der Waals surface area contributed by atoms with Crippen molar-refractivity contribution in [3.05, 3.63) is 0 Å². The van der Waals surface area contributed by atoms with Gasteiger partial charge in [0.05, 0.1) is 11.4 Å². The summed E-state index contributed by atoms with van der Waals surface area (Å²) in [5.41, 5.74) is 0. The molecule has 1 saturated heterocycles. The van der Waals surface area contributed by atoms with Crippen LogP contribution in [0.3, 0.4) is 0 Å². The van der Waals surface area contributed by atoms with Gasteiger partial charge in [-0.15, -0.1) is 0 Å². The van der Waals surface area contributed by atoms with Crippen LogP contribution in [0.2, 0.25) is 0 Å². The second-order valence-electron chi connectivity index (χ2n) is 3.49. The zero-order valence-corrected chi connectivity index (χ0v) is 11.8. The van der Waals surface area contributed by atoms with Crippen molar-refractivity contribution in [2.75, 3.05) is 24.7 Å². The zero-order valence-electron chi connectivity index (χ0n) is 9.44. The topological polar surface area (TPSA) is 46.6 Å². The average Bonchev–Trinajstić information content (AvgIpc) is 2.28. The molecule has 0 N–H and O–H groups in total. The summed E-state index contributed by atoms with van der Waals surface area (Å²) in [5.74, 6) is 1.17. The van der Waals surface area contributed by atoms with Gasteiger partial charge in [0.2, 0.25) is 5.91 Å². The Labute approximate surface area is 108 Å². The number of carbonyl (C=O) groups excluding carboxylic acids is 2. The van der Waals surface area contributed by atoms with Gasteiger partial charge in [0.1, 0.15) is 6.04 Å². The summed E-state index contributed by atoms with van der Waals surface area (Å²) in [6.07, 6.45) is 0. The molecule has 4 nitrogen and oxygen atoms in total. The summed E-state index contributed by atoms with van der Waals surface area (Å²) in [6.45, 7) is 4.51. The highest BCUT2D eigenvalue weighted by Crippen LogP contribution is 2.20. The summed E-state index contributed by atoms with van der Waals surface area (Å²) >= 11 is 4.92. The van der Waals surface area contributed by atoms with E-state index < -0.39 is 6.04 Å². The predicted molar refractivity (Wildman–Crippen MR) is 67.8 cm³/mol. The molecule has 1 fully saturated rings. The van der Waals surface area contributed by atoms with Gasteiger partial charge in [0.25, 0.3) is 0 Å². The van der Waals surface area contributed by atoms with E-state index in [1.807, 2.05) is 0 Å². The Morgan fingerprint density at radius 2 is 2.31 bits per heavy atom. The molecule has 16 heavy (non-hydrogen) atoms. The normalized spacial score (nSPS) is 22.7. The molecule has 0 bridgehead atoms. The molecule has 0 aromatic rings. The van der Waals surface area contributed by atoms with Gasteiger partial charge < -0.3 is 9.64 Å². The zero-order chi connectivity index (χ0) is 12.1. The fourth-order valence-electron chi connectivity index (χ4n) is 1.53. The first-order valence-corrected chi connectivity index (χ1v) is 7.34. The van der Waals surface area contributed by atoms with Gasteiger partial charge in [0, 0.05) is 18.1 Å². The molecule has 6 heteroatoms. The Kier molecular flexibility index (Phi) is 5.61. The number of esters is 1. The minimum absolute atomic E-state index is 0.0432. The van der Waals surface area contributed by atoms with E-state index in [4.69, 9.17) is 4.74 Å². The first-order valence-electron chi connectivity index (χ1n) is 5.26. The Hall–Kier alpha value is -0.230. The second-order valence-corrected chi connectivity index (χ2v) is 6.01. The van der Waals surface area contributed by atoms with E-state index in [0.29, 0.717) is 18.9 Å². The Bertz CT molecular complexity index is 273. The van der Waals surface area contributed by atoms with Crippen LogP contribution in [0.1, 0.15) is 13.8 Å². The van der Waals surface area contributed by atoms with Gasteiger partial charge in [-0.25, -0.2) is 4.79 Å². The maximum absolute atomic E-state index is 11.9. The number of alkyl halides is 1. The number of hydrogen-bond donors (Lipinski definition) is 0. The highest BCUT2D eigenvalue weighted by Gasteiger charge is 2.34. The smallest absolute Gasteiger partial charge is 0.329 e. The van der Waals surface area contributed by atoms with Crippen LogP contribution in [0.15, 0.2) is 0 Å². The molecule has 1 aliphatic rings. The van der Waals surface area contributed by atoms with Crippen LogP contribution in [0.25, 0.3) is 0 Å². The standard InChI is InChI=1S/C10H16BrNO3S/c1-3-15-10(14)8-6-16-5-4-12(8)9(13)7(2)11/h7-8H,3-6H2,1-2H3. The lowest BCUT2D eigenvalue weighted by molar-refractivity contribution is -0.153. The molecule has 0 radical (unpaired) electrons. The molecule has 1 amide bonds. The van der Waals surface area contributed by atoms with E-state index in [0.717, 1.165) is 5.75 Å². The van der Waals surface area contributed by atoms with Gasteiger partial charge in [-0.2, -0.15) is 11.8 Å². The fraction of sp³-hybridized carbons (Fsp3) is 0.800. The van der Waals surface area contributed by atoms with Crippen LogP contribution >= 0.6 is 27.7 Å². The van der Waals surface area contributed by atoms with Crippen molar-refractivity contribution in [2.24, 2.45) is 0 Å². The van der Waals surface area contributed by atoms with Crippen LogP contribution in [-0.4, -0.2) is 52.3 Å². The van der Waals surface area contributed by atoms with Crippen molar-refractivity contribution in [3.63, 3.8) is 0 Å². The molecule has 1 heterocycles. The van der Waals surface area contributed by atoms with E-state index in [1.54, 1.807) is 30.5 Å². The first-order chi connectivity index (χ1) is 7.57. The number of ether oxygens (including phenoxy) is 1. The highest BCUT2D eigenvalue weighted by atomic mass is 79.9. The molecular weight excluding hydrogens is 294 g/mol. The van der Waals surface area contributed by atoms with E-state index in [1.165, 1.54) is 0 Å². The minimum Gasteiger partial charge on any atom is -0.464 e. The third-order valence-corrected chi connectivity index (χ3v) is 3.72. The second kappa shape index (κ2) is 6.49. The van der Waals surface area contributed by atoms with Crippen molar-refractivity contribution in [1.29, 1.82) is 0 Å².